The number of hydrogen-bond donors (Lipinski definition) is 1. The molecule has 2 aromatic heterocycles. The van der Waals surface area contributed by atoms with E-state index < -0.39 is 40.1 Å². The molecule has 0 saturated carbocycles. The molecule has 6 aromatic carbocycles. The Bertz CT molecular complexity index is 2700. The number of benzene rings is 6. The van der Waals surface area contributed by atoms with Gasteiger partial charge in [0.25, 0.3) is 0 Å². The Morgan fingerprint density at radius 1 is 0.467 bits per heavy atom. The predicted molar refractivity (Wildman–Crippen MR) is 216 cm³/mol. The van der Waals surface area contributed by atoms with Crippen LogP contribution in [0.5, 0.6) is 5.75 Å². The molecular weight excluding hydrogens is 795 g/mol. The van der Waals surface area contributed by atoms with Gasteiger partial charge < -0.3 is 9.68 Å². The summed E-state index contributed by atoms with van der Waals surface area (Å²) in [5.74, 6) is -2.52. The van der Waals surface area contributed by atoms with Crippen molar-refractivity contribution in [3.63, 3.8) is 0 Å². The first-order valence-corrected chi connectivity index (χ1v) is 17.9. The summed E-state index contributed by atoms with van der Waals surface area (Å²) in [6, 6.07) is 44.8. The van der Waals surface area contributed by atoms with Crippen LogP contribution in [0.1, 0.15) is 11.1 Å². The lowest BCUT2D eigenvalue weighted by atomic mass is 10.1. The van der Waals surface area contributed by atoms with Gasteiger partial charge in [-0.25, -0.2) is 37.5 Å². The minimum atomic E-state index is -1.13. The van der Waals surface area contributed by atoms with E-state index in [1.54, 1.807) is 6.07 Å². The van der Waals surface area contributed by atoms with E-state index in [0.29, 0.717) is 23.3 Å². The third-order valence-corrected chi connectivity index (χ3v) is 8.33. The Kier molecular flexibility index (Phi) is 13.9. The van der Waals surface area contributed by atoms with E-state index in [0.717, 1.165) is 40.5 Å². The van der Waals surface area contributed by atoms with Gasteiger partial charge in [0.1, 0.15) is 40.6 Å². The number of rotatable bonds is 7. The van der Waals surface area contributed by atoms with Crippen LogP contribution in [0.3, 0.4) is 0 Å². The Morgan fingerprint density at radius 2 is 0.817 bits per heavy atom. The maximum absolute atomic E-state index is 14.7. The molecule has 16 heteroatoms. The first-order chi connectivity index (χ1) is 29.2. The van der Waals surface area contributed by atoms with Gasteiger partial charge in [0.15, 0.2) is 40.8 Å². The van der Waals surface area contributed by atoms with Crippen LogP contribution in [-0.4, -0.2) is 42.6 Å². The van der Waals surface area contributed by atoms with Gasteiger partial charge in [-0.1, -0.05) is 121 Å². The molecule has 0 unspecified atom stereocenters. The van der Waals surface area contributed by atoms with Gasteiger partial charge in [0.05, 0.1) is 5.56 Å². The van der Waals surface area contributed by atoms with Crippen LogP contribution in [0.15, 0.2) is 146 Å². The molecule has 60 heavy (non-hydrogen) atoms. The van der Waals surface area contributed by atoms with Crippen molar-refractivity contribution in [2.24, 2.45) is 0 Å². The smallest absolute Gasteiger partial charge is 0.535 e. The number of nitrogens with zero attached hydrogens (tertiary/aromatic N) is 8. The summed E-state index contributed by atoms with van der Waals surface area (Å²) in [5.41, 5.74) is 1.83. The van der Waals surface area contributed by atoms with Crippen LogP contribution >= 0.6 is 11.6 Å². The Hall–Kier alpha value is -7.85. The van der Waals surface area contributed by atoms with E-state index in [2.05, 4.69) is 34.6 Å². The third kappa shape index (κ3) is 10.2. The molecule has 10 nitrogen and oxygen atoms in total. The van der Waals surface area contributed by atoms with Crippen LogP contribution in [0, 0.1) is 45.9 Å². The van der Waals surface area contributed by atoms with Crippen molar-refractivity contribution >= 4 is 19.3 Å². The van der Waals surface area contributed by atoms with Gasteiger partial charge in [-0.15, -0.1) is 0 Å². The van der Waals surface area contributed by atoms with Crippen LogP contribution in [0.2, 0.25) is 5.28 Å². The van der Waals surface area contributed by atoms with E-state index in [-0.39, 0.29) is 24.4 Å². The topological polar surface area (TPSA) is 154 Å². The zero-order valence-corrected chi connectivity index (χ0v) is 31.5. The van der Waals surface area contributed by atoms with E-state index in [9.17, 15) is 17.6 Å². The lowest BCUT2D eigenvalue weighted by Gasteiger charge is -2.09. The molecule has 8 aromatic rings. The maximum Gasteiger partial charge on any atom is 0.569 e. The van der Waals surface area contributed by atoms with Crippen molar-refractivity contribution in [1.82, 2.24) is 29.9 Å². The Morgan fingerprint density at radius 3 is 1.20 bits per heavy atom. The summed E-state index contributed by atoms with van der Waals surface area (Å²) in [4.78, 5) is 26.1. The van der Waals surface area contributed by atoms with Gasteiger partial charge in [0, 0.05) is 22.3 Å². The molecule has 0 amide bonds. The van der Waals surface area contributed by atoms with Crippen molar-refractivity contribution in [1.29, 1.82) is 10.5 Å². The van der Waals surface area contributed by atoms with Gasteiger partial charge in [-0.3, -0.25) is 0 Å². The van der Waals surface area contributed by atoms with Crippen LogP contribution in [0.25, 0.3) is 56.9 Å². The SMILES string of the molecule is Clc1nc(-c2ccccc2)nc(-c2ccccc2)n1.N#Cc1c(F)ccc(-c2nc(-c3ccccc3)nc(-c3ccccc3)n2)c1F.N#Cc1c(F)ccc(O[B]O)c1F. The maximum atomic E-state index is 14.7. The van der Waals surface area contributed by atoms with Crippen LogP contribution in [-0.2, 0) is 0 Å². The number of aromatic nitrogens is 6. The second kappa shape index (κ2) is 20.0. The molecular formula is C44H25BClF4N8O2. The van der Waals surface area contributed by atoms with Crippen molar-refractivity contribution in [2.45, 2.75) is 0 Å². The summed E-state index contributed by atoms with van der Waals surface area (Å²) in [6.45, 7) is 0. The molecule has 0 saturated heterocycles. The third-order valence-electron chi connectivity index (χ3n) is 8.16. The fourth-order valence-electron chi connectivity index (χ4n) is 5.32. The highest BCUT2D eigenvalue weighted by atomic mass is 35.5. The van der Waals surface area contributed by atoms with E-state index in [1.165, 1.54) is 12.1 Å². The minimum Gasteiger partial charge on any atom is -0.535 e. The van der Waals surface area contributed by atoms with Crippen LogP contribution < -0.4 is 4.65 Å². The van der Waals surface area contributed by atoms with Crippen molar-refractivity contribution in [3.05, 3.63) is 185 Å². The highest BCUT2D eigenvalue weighted by molar-refractivity contribution is 6.28. The fourth-order valence-corrected chi connectivity index (χ4v) is 5.48. The Labute approximate surface area is 346 Å². The molecule has 1 N–H and O–H groups in total. The molecule has 0 aliphatic heterocycles. The largest absolute Gasteiger partial charge is 0.569 e. The fraction of sp³-hybridized carbons (Fsp3) is 0. The zero-order chi connectivity index (χ0) is 42.4. The van der Waals surface area contributed by atoms with E-state index in [4.69, 9.17) is 27.1 Å². The first-order valence-electron chi connectivity index (χ1n) is 17.5. The second-order valence-corrected chi connectivity index (χ2v) is 12.3. The Balaban J connectivity index is 0.000000163. The van der Waals surface area contributed by atoms with Crippen molar-refractivity contribution < 1.29 is 27.2 Å². The molecule has 0 fully saturated rings. The average Bonchev–Trinajstić information content (AvgIpc) is 3.29. The van der Waals surface area contributed by atoms with Gasteiger partial charge >= 0.3 is 7.69 Å². The standard InChI is InChI=1S/C22H12F2N4.C15H10ClN3.C7H3BF2NO2/c23-18-12-11-16(19(24)17(18)13-25)22-27-20(14-7-3-1-4-8-14)26-21(28-22)15-9-5-2-6-10-15;16-15-18-13(11-7-3-1-4-8-11)17-14(19-15)12-9-5-2-6-10-12;9-5-1-2-6(13-8-12)7(10)4(5)3-11/h1-12H;1-10H;1-2,12H. The highest BCUT2D eigenvalue weighted by Crippen LogP contribution is 2.28. The summed E-state index contributed by atoms with van der Waals surface area (Å²) < 4.78 is 58.4. The normalized spacial score (nSPS) is 10.1. The molecule has 0 spiro atoms. The number of hydrogen-bond acceptors (Lipinski definition) is 10. The second-order valence-electron chi connectivity index (χ2n) is 12.0. The van der Waals surface area contributed by atoms with E-state index >= 15 is 0 Å². The molecule has 0 aliphatic rings. The molecule has 0 bridgehead atoms. The average molecular weight is 820 g/mol. The molecule has 8 rings (SSSR count). The number of halogens is 5. The molecule has 1 radical (unpaired) electrons. The summed E-state index contributed by atoms with van der Waals surface area (Å²) >= 11 is 5.99. The molecule has 0 aliphatic carbocycles. The lowest BCUT2D eigenvalue weighted by Crippen LogP contribution is -2.03. The zero-order valence-electron chi connectivity index (χ0n) is 30.8. The summed E-state index contributed by atoms with van der Waals surface area (Å²) in [6.07, 6.45) is 0. The first kappa shape index (κ1) is 41.8. The van der Waals surface area contributed by atoms with Crippen molar-refractivity contribution in [3.8, 4) is 74.8 Å². The summed E-state index contributed by atoms with van der Waals surface area (Å²) in [5, 5.41) is 25.8. The van der Waals surface area contributed by atoms with E-state index in [1.807, 2.05) is 121 Å². The van der Waals surface area contributed by atoms with Gasteiger partial charge in [0.2, 0.25) is 5.28 Å². The quantitative estimate of drug-likeness (QED) is 0.121. The molecule has 291 valence electrons. The predicted octanol–water partition coefficient (Wildman–Crippen LogP) is 9.62. The number of nitriles is 2. The van der Waals surface area contributed by atoms with Crippen molar-refractivity contribution in [2.75, 3.05) is 0 Å². The van der Waals surface area contributed by atoms with Gasteiger partial charge in [-0.2, -0.15) is 20.5 Å². The molecule has 2 heterocycles. The minimum absolute atomic E-state index is 0.0294. The van der Waals surface area contributed by atoms with Crippen LogP contribution in [0.4, 0.5) is 17.6 Å². The monoisotopic (exact) mass is 819 g/mol. The molecule has 0 atom stereocenters. The highest BCUT2D eigenvalue weighted by Gasteiger charge is 2.19. The lowest BCUT2D eigenvalue weighted by molar-refractivity contribution is 0.428. The van der Waals surface area contributed by atoms with Gasteiger partial charge in [-0.05, 0) is 35.9 Å². The summed E-state index contributed by atoms with van der Waals surface area (Å²) in [7, 11) is 0.247.